The van der Waals surface area contributed by atoms with Crippen LogP contribution in [0.2, 0.25) is 0 Å². The van der Waals surface area contributed by atoms with Crippen LogP contribution in [0.4, 0.5) is 5.00 Å². The molecule has 0 spiro atoms. The van der Waals surface area contributed by atoms with Gasteiger partial charge in [-0.25, -0.2) is 4.79 Å². The molecular weight excluding hydrogens is 274 g/mol. The van der Waals surface area contributed by atoms with Crippen molar-refractivity contribution >= 4 is 28.2 Å². The second kappa shape index (κ2) is 6.88. The number of nitrogens with one attached hydrogen (secondary N) is 1. The number of amides is 1. The van der Waals surface area contributed by atoms with Crippen LogP contribution in [0.1, 0.15) is 54.3 Å². The van der Waals surface area contributed by atoms with Crippen molar-refractivity contribution in [1.29, 1.82) is 0 Å². The van der Waals surface area contributed by atoms with E-state index in [1.54, 1.807) is 13.0 Å². The fourth-order valence-electron chi connectivity index (χ4n) is 2.62. The minimum Gasteiger partial charge on any atom is -0.462 e. The van der Waals surface area contributed by atoms with E-state index in [0.29, 0.717) is 29.5 Å². The third kappa shape index (κ3) is 3.82. The fraction of sp³-hybridized carbons (Fsp3) is 0.600. The summed E-state index contributed by atoms with van der Waals surface area (Å²) < 4.78 is 5.01. The highest BCUT2D eigenvalue weighted by Crippen LogP contribution is 2.31. The number of hydrogen-bond donors (Lipinski definition) is 1. The summed E-state index contributed by atoms with van der Waals surface area (Å²) in [5.41, 5.74) is 0.467. The number of thiophene rings is 1. The number of esters is 1. The Hall–Kier alpha value is -1.36. The molecule has 0 aromatic carbocycles. The average molecular weight is 295 g/mol. The molecule has 2 rings (SSSR count). The highest BCUT2D eigenvalue weighted by molar-refractivity contribution is 7.16. The van der Waals surface area contributed by atoms with Gasteiger partial charge in [0.25, 0.3) is 0 Å². The number of carbonyl (C=O) groups excluding carboxylic acids is 2. The van der Waals surface area contributed by atoms with Crippen LogP contribution in [0.25, 0.3) is 0 Å². The predicted molar refractivity (Wildman–Crippen MR) is 80.2 cm³/mol. The number of ether oxygens (including phenoxy) is 1. The quantitative estimate of drug-likeness (QED) is 0.842. The predicted octanol–water partition coefficient (Wildman–Crippen LogP) is 3.75. The van der Waals surface area contributed by atoms with Gasteiger partial charge in [-0.1, -0.05) is 12.8 Å². The molecule has 0 bridgehead atoms. The molecular formula is C15H21NO3S. The Morgan fingerprint density at radius 1 is 1.40 bits per heavy atom. The van der Waals surface area contributed by atoms with Crippen LogP contribution >= 0.6 is 11.3 Å². The van der Waals surface area contributed by atoms with E-state index < -0.39 is 0 Å². The molecule has 0 aliphatic heterocycles. The molecule has 4 nitrogen and oxygen atoms in total. The van der Waals surface area contributed by atoms with Crippen molar-refractivity contribution in [3.63, 3.8) is 0 Å². The summed E-state index contributed by atoms with van der Waals surface area (Å²) in [6.45, 7) is 4.03. The summed E-state index contributed by atoms with van der Waals surface area (Å²) in [4.78, 5) is 24.9. The Kier molecular flexibility index (Phi) is 5.17. The summed E-state index contributed by atoms with van der Waals surface area (Å²) in [7, 11) is 0. The number of anilines is 1. The zero-order valence-electron chi connectivity index (χ0n) is 12.0. The highest BCUT2D eigenvalue weighted by atomic mass is 32.1. The lowest BCUT2D eigenvalue weighted by molar-refractivity contribution is -0.117. The molecule has 0 radical (unpaired) electrons. The van der Waals surface area contributed by atoms with Crippen LogP contribution in [0.15, 0.2) is 6.07 Å². The molecule has 1 amide bonds. The number of carbonyl (C=O) groups is 2. The third-order valence-electron chi connectivity index (χ3n) is 3.55. The smallest absolute Gasteiger partial charge is 0.341 e. The second-order valence-electron chi connectivity index (χ2n) is 5.22. The summed E-state index contributed by atoms with van der Waals surface area (Å²) in [6, 6.07) is 1.77. The van der Waals surface area contributed by atoms with Gasteiger partial charge in [0, 0.05) is 11.3 Å². The van der Waals surface area contributed by atoms with Gasteiger partial charge < -0.3 is 10.1 Å². The van der Waals surface area contributed by atoms with Crippen molar-refractivity contribution < 1.29 is 14.3 Å². The maximum atomic E-state index is 12.1. The van der Waals surface area contributed by atoms with E-state index in [9.17, 15) is 9.59 Å². The van der Waals surface area contributed by atoms with Gasteiger partial charge in [-0.15, -0.1) is 11.3 Å². The van der Waals surface area contributed by atoms with Crippen molar-refractivity contribution in [3.8, 4) is 0 Å². The van der Waals surface area contributed by atoms with Gasteiger partial charge in [-0.2, -0.15) is 0 Å². The van der Waals surface area contributed by atoms with Crippen LogP contribution in [0.3, 0.4) is 0 Å². The largest absolute Gasteiger partial charge is 0.462 e. The Balaban J connectivity index is 2.00. The van der Waals surface area contributed by atoms with Gasteiger partial charge in [0.1, 0.15) is 5.00 Å². The SMILES string of the molecule is CCOC(=O)c1cc(C)sc1NC(=O)CC1CCCC1. The Bertz CT molecular complexity index is 489. The summed E-state index contributed by atoms with van der Waals surface area (Å²) in [6.07, 6.45) is 5.29. The van der Waals surface area contributed by atoms with Crippen molar-refractivity contribution in [2.24, 2.45) is 5.92 Å². The monoisotopic (exact) mass is 295 g/mol. The molecule has 0 unspecified atom stereocenters. The average Bonchev–Trinajstić information content (AvgIpc) is 2.99. The topological polar surface area (TPSA) is 55.4 Å². The minimum atomic E-state index is -0.368. The van der Waals surface area contributed by atoms with E-state index in [4.69, 9.17) is 4.74 Å². The molecule has 0 saturated heterocycles. The molecule has 1 aliphatic carbocycles. The van der Waals surface area contributed by atoms with E-state index in [1.165, 1.54) is 24.2 Å². The lowest BCUT2D eigenvalue weighted by Gasteiger charge is -2.09. The molecule has 5 heteroatoms. The molecule has 1 saturated carbocycles. The van der Waals surface area contributed by atoms with Crippen LogP contribution in [0.5, 0.6) is 0 Å². The van der Waals surface area contributed by atoms with Crippen LogP contribution in [0, 0.1) is 12.8 Å². The molecule has 1 aromatic rings. The fourth-order valence-corrected chi connectivity index (χ4v) is 3.54. The number of rotatable bonds is 5. The summed E-state index contributed by atoms with van der Waals surface area (Å²) in [5.74, 6) is 0.138. The second-order valence-corrected chi connectivity index (χ2v) is 6.48. The first kappa shape index (κ1) is 15.0. The van der Waals surface area contributed by atoms with Crippen molar-refractivity contribution in [2.75, 3.05) is 11.9 Å². The molecule has 20 heavy (non-hydrogen) atoms. The molecule has 0 atom stereocenters. The molecule has 1 fully saturated rings. The molecule has 1 N–H and O–H groups in total. The number of aryl methyl sites for hydroxylation is 1. The van der Waals surface area contributed by atoms with Crippen LogP contribution in [-0.4, -0.2) is 18.5 Å². The van der Waals surface area contributed by atoms with Crippen molar-refractivity contribution in [2.45, 2.75) is 46.0 Å². The Morgan fingerprint density at radius 2 is 2.10 bits per heavy atom. The summed E-state index contributed by atoms with van der Waals surface area (Å²) >= 11 is 1.42. The lowest BCUT2D eigenvalue weighted by Crippen LogP contribution is -2.16. The first-order chi connectivity index (χ1) is 9.60. The van der Waals surface area contributed by atoms with Crippen molar-refractivity contribution in [3.05, 3.63) is 16.5 Å². The van der Waals surface area contributed by atoms with Gasteiger partial charge in [-0.05, 0) is 38.7 Å². The Labute approximate surface area is 123 Å². The normalized spacial score (nSPS) is 15.3. The van der Waals surface area contributed by atoms with Gasteiger partial charge in [0.15, 0.2) is 0 Å². The van der Waals surface area contributed by atoms with Gasteiger partial charge >= 0.3 is 5.97 Å². The zero-order chi connectivity index (χ0) is 14.5. The molecule has 1 aliphatic rings. The van der Waals surface area contributed by atoms with Gasteiger partial charge in [-0.3, -0.25) is 4.79 Å². The Morgan fingerprint density at radius 3 is 2.75 bits per heavy atom. The van der Waals surface area contributed by atoms with E-state index in [0.717, 1.165) is 17.7 Å². The van der Waals surface area contributed by atoms with Crippen LogP contribution in [-0.2, 0) is 9.53 Å². The first-order valence-electron chi connectivity index (χ1n) is 7.17. The standard InChI is InChI=1S/C15H21NO3S/c1-3-19-15(18)12-8-10(2)20-14(12)16-13(17)9-11-6-4-5-7-11/h8,11H,3-7,9H2,1-2H3,(H,16,17). The zero-order valence-corrected chi connectivity index (χ0v) is 12.8. The van der Waals surface area contributed by atoms with Crippen LogP contribution < -0.4 is 5.32 Å². The van der Waals surface area contributed by atoms with Crippen molar-refractivity contribution in [1.82, 2.24) is 0 Å². The van der Waals surface area contributed by atoms with E-state index in [2.05, 4.69) is 5.32 Å². The highest BCUT2D eigenvalue weighted by Gasteiger charge is 2.21. The molecule has 110 valence electrons. The van der Waals surface area contributed by atoms with Gasteiger partial charge in [0.05, 0.1) is 12.2 Å². The van der Waals surface area contributed by atoms with E-state index in [-0.39, 0.29) is 11.9 Å². The minimum absolute atomic E-state index is 0.00398. The first-order valence-corrected chi connectivity index (χ1v) is 7.99. The summed E-state index contributed by atoms with van der Waals surface area (Å²) in [5, 5.41) is 3.49. The maximum absolute atomic E-state index is 12.1. The molecule has 1 aromatic heterocycles. The number of hydrogen-bond acceptors (Lipinski definition) is 4. The maximum Gasteiger partial charge on any atom is 0.341 e. The van der Waals surface area contributed by atoms with Gasteiger partial charge in [0.2, 0.25) is 5.91 Å². The molecule has 1 heterocycles. The third-order valence-corrected chi connectivity index (χ3v) is 4.52. The van der Waals surface area contributed by atoms with E-state index >= 15 is 0 Å². The lowest BCUT2D eigenvalue weighted by atomic mass is 10.0. The van der Waals surface area contributed by atoms with E-state index in [1.807, 2.05) is 6.92 Å².